The molecule has 0 radical (unpaired) electrons. The van der Waals surface area contributed by atoms with Crippen LogP contribution in [0.15, 0.2) is 60.7 Å². The standard InChI is InChI=1S/C24H25N3O2/c1-5-24(2,3)17-12-16(20-8-6-7-9-23(20)28)13-18(14-17)27-25-21-11-10-19(29-4)15-22(21)26-27/h6-15,28H,5H2,1-4H3. The third kappa shape index (κ3) is 3.56. The molecule has 0 saturated heterocycles. The van der Waals surface area contributed by atoms with Gasteiger partial charge in [0.1, 0.15) is 22.5 Å². The van der Waals surface area contributed by atoms with E-state index in [4.69, 9.17) is 4.74 Å². The Kier molecular flexibility index (Phi) is 4.74. The predicted molar refractivity (Wildman–Crippen MR) is 116 cm³/mol. The average Bonchev–Trinajstić information content (AvgIpc) is 3.17. The largest absolute Gasteiger partial charge is 0.507 e. The molecule has 0 aliphatic heterocycles. The van der Waals surface area contributed by atoms with Gasteiger partial charge in [0.2, 0.25) is 0 Å². The Hall–Kier alpha value is -3.34. The zero-order chi connectivity index (χ0) is 20.6. The van der Waals surface area contributed by atoms with Gasteiger partial charge in [-0.25, -0.2) is 0 Å². The lowest BCUT2D eigenvalue weighted by Crippen LogP contribution is -2.16. The van der Waals surface area contributed by atoms with Gasteiger partial charge in [-0.1, -0.05) is 45.0 Å². The average molecular weight is 387 g/mol. The number of aromatic nitrogens is 3. The summed E-state index contributed by atoms with van der Waals surface area (Å²) in [5.74, 6) is 1.01. The van der Waals surface area contributed by atoms with Crippen LogP contribution in [0.25, 0.3) is 27.8 Å². The van der Waals surface area contributed by atoms with E-state index < -0.39 is 0 Å². The molecule has 0 unspecified atom stereocenters. The molecular formula is C24H25N3O2. The second-order valence-electron chi connectivity index (χ2n) is 7.87. The van der Waals surface area contributed by atoms with Crippen molar-refractivity contribution < 1.29 is 9.84 Å². The van der Waals surface area contributed by atoms with E-state index in [-0.39, 0.29) is 11.2 Å². The molecule has 0 spiro atoms. The number of rotatable bonds is 5. The van der Waals surface area contributed by atoms with Gasteiger partial charge >= 0.3 is 0 Å². The van der Waals surface area contributed by atoms with Crippen molar-refractivity contribution in [1.82, 2.24) is 15.0 Å². The maximum Gasteiger partial charge on any atom is 0.123 e. The molecule has 1 N–H and O–H groups in total. The van der Waals surface area contributed by atoms with E-state index in [9.17, 15) is 5.11 Å². The van der Waals surface area contributed by atoms with Gasteiger partial charge in [0.25, 0.3) is 0 Å². The number of phenolic OH excluding ortho intramolecular Hbond substituents is 1. The first-order valence-electron chi connectivity index (χ1n) is 9.76. The van der Waals surface area contributed by atoms with Gasteiger partial charge in [0, 0.05) is 11.6 Å². The number of fused-ring (bicyclic) bond motifs is 1. The lowest BCUT2D eigenvalue weighted by Gasteiger charge is -2.25. The van der Waals surface area contributed by atoms with Crippen LogP contribution in [-0.2, 0) is 5.41 Å². The highest BCUT2D eigenvalue weighted by molar-refractivity contribution is 5.76. The summed E-state index contributed by atoms with van der Waals surface area (Å²) in [6.45, 7) is 6.62. The highest BCUT2D eigenvalue weighted by Gasteiger charge is 2.21. The zero-order valence-electron chi connectivity index (χ0n) is 17.2. The Labute approximate surface area is 170 Å². The van der Waals surface area contributed by atoms with Gasteiger partial charge in [-0.2, -0.15) is 4.80 Å². The summed E-state index contributed by atoms with van der Waals surface area (Å²) < 4.78 is 5.30. The Morgan fingerprint density at radius 2 is 1.72 bits per heavy atom. The Balaban J connectivity index is 1.92. The lowest BCUT2D eigenvalue weighted by atomic mass is 9.81. The van der Waals surface area contributed by atoms with Crippen LogP contribution in [0.5, 0.6) is 11.5 Å². The van der Waals surface area contributed by atoms with E-state index in [1.807, 2.05) is 42.5 Å². The van der Waals surface area contributed by atoms with E-state index >= 15 is 0 Å². The van der Waals surface area contributed by atoms with Gasteiger partial charge in [-0.05, 0) is 53.3 Å². The van der Waals surface area contributed by atoms with Crippen molar-refractivity contribution >= 4 is 11.0 Å². The normalized spacial score (nSPS) is 11.7. The summed E-state index contributed by atoms with van der Waals surface area (Å²) in [5.41, 5.74) is 5.32. The van der Waals surface area contributed by atoms with E-state index in [2.05, 4.69) is 43.1 Å². The minimum atomic E-state index is -0.0229. The number of hydrogen-bond donors (Lipinski definition) is 1. The molecule has 5 nitrogen and oxygen atoms in total. The van der Waals surface area contributed by atoms with Crippen LogP contribution < -0.4 is 4.74 Å². The summed E-state index contributed by atoms with van der Waals surface area (Å²) in [6, 6.07) is 19.3. The first-order chi connectivity index (χ1) is 13.9. The predicted octanol–water partition coefficient (Wildman–Crippen LogP) is 5.49. The molecule has 0 bridgehead atoms. The second kappa shape index (κ2) is 7.24. The van der Waals surface area contributed by atoms with E-state index in [1.165, 1.54) is 5.56 Å². The summed E-state index contributed by atoms with van der Waals surface area (Å²) in [5, 5.41) is 19.7. The third-order valence-corrected chi connectivity index (χ3v) is 5.62. The molecular weight excluding hydrogens is 362 g/mol. The third-order valence-electron chi connectivity index (χ3n) is 5.62. The van der Waals surface area contributed by atoms with Crippen LogP contribution in [-0.4, -0.2) is 27.2 Å². The van der Waals surface area contributed by atoms with Crippen LogP contribution in [0.4, 0.5) is 0 Å². The SMILES string of the molecule is CCC(C)(C)c1cc(-c2ccccc2O)cc(-n2nc3ccc(OC)cc3n2)c1. The Morgan fingerprint density at radius 1 is 0.966 bits per heavy atom. The molecule has 0 fully saturated rings. The summed E-state index contributed by atoms with van der Waals surface area (Å²) in [4.78, 5) is 1.66. The van der Waals surface area contributed by atoms with Gasteiger partial charge in [0.15, 0.2) is 0 Å². The molecule has 0 saturated carbocycles. The fourth-order valence-corrected chi connectivity index (χ4v) is 3.33. The number of benzene rings is 3. The Morgan fingerprint density at radius 3 is 2.45 bits per heavy atom. The fourth-order valence-electron chi connectivity index (χ4n) is 3.33. The first kappa shape index (κ1) is 19.0. The summed E-state index contributed by atoms with van der Waals surface area (Å²) in [7, 11) is 1.64. The van der Waals surface area contributed by atoms with Crippen molar-refractivity contribution in [3.8, 4) is 28.3 Å². The second-order valence-corrected chi connectivity index (χ2v) is 7.87. The molecule has 1 heterocycles. The van der Waals surface area contributed by atoms with Crippen molar-refractivity contribution in [2.75, 3.05) is 7.11 Å². The minimum Gasteiger partial charge on any atom is -0.507 e. The van der Waals surface area contributed by atoms with E-state index in [0.717, 1.165) is 40.0 Å². The zero-order valence-corrected chi connectivity index (χ0v) is 17.2. The molecule has 148 valence electrons. The number of phenols is 1. The number of ether oxygens (including phenoxy) is 1. The molecule has 29 heavy (non-hydrogen) atoms. The highest BCUT2D eigenvalue weighted by Crippen LogP contribution is 2.35. The molecule has 4 rings (SSSR count). The van der Waals surface area contributed by atoms with Crippen LogP contribution in [0, 0.1) is 0 Å². The van der Waals surface area contributed by atoms with Crippen LogP contribution in [0.3, 0.4) is 0 Å². The molecule has 1 aromatic heterocycles. The van der Waals surface area contributed by atoms with Crippen molar-refractivity contribution in [2.45, 2.75) is 32.6 Å². The molecule has 4 aromatic rings. The smallest absolute Gasteiger partial charge is 0.123 e. The number of nitrogens with zero attached hydrogens (tertiary/aromatic N) is 3. The number of aromatic hydroxyl groups is 1. The number of para-hydroxylation sites is 1. The topological polar surface area (TPSA) is 60.2 Å². The fraction of sp³-hybridized carbons (Fsp3) is 0.250. The molecule has 0 aliphatic rings. The summed E-state index contributed by atoms with van der Waals surface area (Å²) >= 11 is 0. The maximum absolute atomic E-state index is 10.4. The summed E-state index contributed by atoms with van der Waals surface area (Å²) in [6.07, 6.45) is 0.988. The quantitative estimate of drug-likeness (QED) is 0.492. The first-order valence-corrected chi connectivity index (χ1v) is 9.76. The van der Waals surface area contributed by atoms with Crippen LogP contribution in [0.2, 0.25) is 0 Å². The molecule has 5 heteroatoms. The number of hydrogen-bond acceptors (Lipinski definition) is 4. The molecule has 0 aliphatic carbocycles. The van der Waals surface area contributed by atoms with Crippen molar-refractivity contribution in [2.24, 2.45) is 0 Å². The highest BCUT2D eigenvalue weighted by atomic mass is 16.5. The van der Waals surface area contributed by atoms with E-state index in [1.54, 1.807) is 18.0 Å². The van der Waals surface area contributed by atoms with Gasteiger partial charge in [-0.3, -0.25) is 0 Å². The molecule has 0 amide bonds. The van der Waals surface area contributed by atoms with Crippen molar-refractivity contribution in [3.63, 3.8) is 0 Å². The van der Waals surface area contributed by atoms with Crippen molar-refractivity contribution in [1.29, 1.82) is 0 Å². The minimum absolute atomic E-state index is 0.0229. The van der Waals surface area contributed by atoms with Crippen LogP contribution in [0.1, 0.15) is 32.8 Å². The van der Waals surface area contributed by atoms with Crippen LogP contribution >= 0.6 is 0 Å². The number of methoxy groups -OCH3 is 1. The maximum atomic E-state index is 10.4. The van der Waals surface area contributed by atoms with E-state index in [0.29, 0.717) is 0 Å². The Bertz CT molecular complexity index is 1180. The van der Waals surface area contributed by atoms with Crippen molar-refractivity contribution in [3.05, 3.63) is 66.2 Å². The van der Waals surface area contributed by atoms with Gasteiger partial charge in [0.05, 0.1) is 12.8 Å². The molecule has 3 aromatic carbocycles. The van der Waals surface area contributed by atoms with Gasteiger partial charge < -0.3 is 9.84 Å². The van der Waals surface area contributed by atoms with Gasteiger partial charge in [-0.15, -0.1) is 10.2 Å². The monoisotopic (exact) mass is 387 g/mol. The lowest BCUT2D eigenvalue weighted by molar-refractivity contribution is 0.415. The molecule has 0 atom stereocenters.